The van der Waals surface area contributed by atoms with E-state index in [4.69, 9.17) is 0 Å². The fourth-order valence-electron chi connectivity index (χ4n) is 2.00. The standard InChI is InChI=1S/C14H20N4OS/c1-4-6-9-15-14-17-16-12(20-14)11-8-7-10(3)18(5-2)13(11)19/h7-8H,4-6,9H2,1-3H3,(H,15,17). The van der Waals surface area contributed by atoms with Crippen LogP contribution in [0.4, 0.5) is 5.13 Å². The quantitative estimate of drug-likeness (QED) is 0.832. The summed E-state index contributed by atoms with van der Waals surface area (Å²) in [5, 5.41) is 12.9. The average Bonchev–Trinajstić information content (AvgIpc) is 2.88. The van der Waals surface area contributed by atoms with Crippen molar-refractivity contribution in [1.29, 1.82) is 0 Å². The molecule has 1 N–H and O–H groups in total. The fourth-order valence-corrected chi connectivity index (χ4v) is 2.79. The molecule has 0 amide bonds. The van der Waals surface area contributed by atoms with Crippen molar-refractivity contribution in [2.24, 2.45) is 0 Å². The molecule has 0 bridgehead atoms. The lowest BCUT2D eigenvalue weighted by Crippen LogP contribution is -2.22. The van der Waals surface area contributed by atoms with E-state index in [-0.39, 0.29) is 5.56 Å². The zero-order valence-electron chi connectivity index (χ0n) is 12.1. The van der Waals surface area contributed by atoms with Gasteiger partial charge in [-0.1, -0.05) is 24.7 Å². The van der Waals surface area contributed by atoms with Crippen LogP contribution in [-0.2, 0) is 6.54 Å². The molecule has 0 saturated heterocycles. The van der Waals surface area contributed by atoms with E-state index in [1.54, 1.807) is 4.57 Å². The second-order valence-corrected chi connectivity index (χ2v) is 5.61. The molecule has 6 heteroatoms. The topological polar surface area (TPSA) is 59.8 Å². The Morgan fingerprint density at radius 1 is 1.30 bits per heavy atom. The summed E-state index contributed by atoms with van der Waals surface area (Å²) in [7, 11) is 0. The van der Waals surface area contributed by atoms with E-state index in [1.165, 1.54) is 11.3 Å². The summed E-state index contributed by atoms with van der Waals surface area (Å²) in [5.74, 6) is 0. The second kappa shape index (κ2) is 6.65. The van der Waals surface area contributed by atoms with E-state index in [2.05, 4.69) is 22.4 Å². The Morgan fingerprint density at radius 3 is 2.80 bits per heavy atom. The molecule has 5 nitrogen and oxygen atoms in total. The Balaban J connectivity index is 2.26. The van der Waals surface area contributed by atoms with Crippen LogP contribution in [0.5, 0.6) is 0 Å². The van der Waals surface area contributed by atoms with Crippen molar-refractivity contribution in [2.45, 2.75) is 40.2 Å². The van der Waals surface area contributed by atoms with E-state index in [1.807, 2.05) is 26.0 Å². The average molecular weight is 292 g/mol. The Hall–Kier alpha value is -1.69. The van der Waals surface area contributed by atoms with Crippen LogP contribution in [-0.4, -0.2) is 21.3 Å². The summed E-state index contributed by atoms with van der Waals surface area (Å²) in [4.78, 5) is 12.4. The molecule has 0 saturated carbocycles. The zero-order chi connectivity index (χ0) is 14.5. The molecule has 0 atom stereocenters. The third-order valence-corrected chi connectivity index (χ3v) is 4.08. The lowest BCUT2D eigenvalue weighted by molar-refractivity contribution is 0.702. The summed E-state index contributed by atoms with van der Waals surface area (Å²) in [6.45, 7) is 7.60. The highest BCUT2D eigenvalue weighted by Gasteiger charge is 2.12. The van der Waals surface area contributed by atoms with Crippen molar-refractivity contribution in [1.82, 2.24) is 14.8 Å². The Bertz CT molecular complexity index is 632. The largest absolute Gasteiger partial charge is 0.360 e. The maximum atomic E-state index is 12.4. The molecule has 108 valence electrons. The van der Waals surface area contributed by atoms with Crippen molar-refractivity contribution in [3.05, 3.63) is 28.2 Å². The number of anilines is 1. The molecule has 0 radical (unpaired) electrons. The molecule has 0 aromatic carbocycles. The summed E-state index contributed by atoms with van der Waals surface area (Å²) in [6.07, 6.45) is 2.24. The predicted molar refractivity (Wildman–Crippen MR) is 83.4 cm³/mol. The summed E-state index contributed by atoms with van der Waals surface area (Å²) in [6, 6.07) is 3.78. The van der Waals surface area contributed by atoms with Gasteiger partial charge in [0.15, 0.2) is 5.01 Å². The SMILES string of the molecule is CCCCNc1nnc(-c2ccc(C)n(CC)c2=O)s1. The van der Waals surface area contributed by atoms with Crippen LogP contribution in [0, 0.1) is 6.92 Å². The van der Waals surface area contributed by atoms with E-state index < -0.39 is 0 Å². The number of hydrogen-bond donors (Lipinski definition) is 1. The maximum Gasteiger partial charge on any atom is 0.261 e. The van der Waals surface area contributed by atoms with Crippen LogP contribution in [0.1, 0.15) is 32.4 Å². The molecule has 0 spiro atoms. The van der Waals surface area contributed by atoms with Gasteiger partial charge in [-0.3, -0.25) is 4.79 Å². The molecule has 2 rings (SSSR count). The van der Waals surface area contributed by atoms with Crippen molar-refractivity contribution < 1.29 is 0 Å². The van der Waals surface area contributed by atoms with Gasteiger partial charge in [0.1, 0.15) is 0 Å². The van der Waals surface area contributed by atoms with Gasteiger partial charge < -0.3 is 9.88 Å². The first kappa shape index (κ1) is 14.7. The smallest absolute Gasteiger partial charge is 0.261 e. The first-order chi connectivity index (χ1) is 9.67. The molecule has 0 aliphatic heterocycles. The van der Waals surface area contributed by atoms with Gasteiger partial charge in [-0.2, -0.15) is 0 Å². The lowest BCUT2D eigenvalue weighted by Gasteiger charge is -2.07. The molecule has 0 aliphatic rings. The first-order valence-electron chi connectivity index (χ1n) is 6.95. The molecule has 2 aromatic rings. The normalized spacial score (nSPS) is 10.8. The van der Waals surface area contributed by atoms with E-state index in [9.17, 15) is 4.79 Å². The fraction of sp³-hybridized carbons (Fsp3) is 0.500. The highest BCUT2D eigenvalue weighted by atomic mass is 32.1. The molecule has 0 fully saturated rings. The van der Waals surface area contributed by atoms with Crippen molar-refractivity contribution >= 4 is 16.5 Å². The van der Waals surface area contributed by atoms with Crippen molar-refractivity contribution in [2.75, 3.05) is 11.9 Å². The van der Waals surface area contributed by atoms with Crippen LogP contribution in [0.3, 0.4) is 0 Å². The predicted octanol–water partition coefficient (Wildman–Crippen LogP) is 2.91. The maximum absolute atomic E-state index is 12.4. The summed E-state index contributed by atoms with van der Waals surface area (Å²) < 4.78 is 1.75. The van der Waals surface area contributed by atoms with Gasteiger partial charge in [0.2, 0.25) is 5.13 Å². The molecular formula is C14H20N4OS. The minimum absolute atomic E-state index is 0.00348. The van der Waals surface area contributed by atoms with Crippen LogP contribution in [0.2, 0.25) is 0 Å². The van der Waals surface area contributed by atoms with Gasteiger partial charge in [0.05, 0.1) is 5.56 Å². The highest BCUT2D eigenvalue weighted by Crippen LogP contribution is 2.24. The van der Waals surface area contributed by atoms with Crippen LogP contribution in [0.15, 0.2) is 16.9 Å². The van der Waals surface area contributed by atoms with Gasteiger partial charge in [0, 0.05) is 18.8 Å². The summed E-state index contributed by atoms with van der Waals surface area (Å²) >= 11 is 1.43. The van der Waals surface area contributed by atoms with Crippen LogP contribution < -0.4 is 10.9 Å². The van der Waals surface area contributed by atoms with E-state index in [0.29, 0.717) is 17.1 Å². The van der Waals surface area contributed by atoms with Crippen molar-refractivity contribution in [3.63, 3.8) is 0 Å². The van der Waals surface area contributed by atoms with Crippen LogP contribution in [0.25, 0.3) is 10.6 Å². The number of aromatic nitrogens is 3. The number of unbranched alkanes of at least 4 members (excludes halogenated alkanes) is 1. The highest BCUT2D eigenvalue weighted by molar-refractivity contribution is 7.18. The number of nitrogens with one attached hydrogen (secondary N) is 1. The number of nitrogens with zero attached hydrogens (tertiary/aromatic N) is 3. The molecule has 2 aromatic heterocycles. The number of aryl methyl sites for hydroxylation is 1. The molecule has 2 heterocycles. The zero-order valence-corrected chi connectivity index (χ0v) is 13.0. The Labute approximate surface area is 122 Å². The molecule has 20 heavy (non-hydrogen) atoms. The minimum Gasteiger partial charge on any atom is -0.360 e. The molecule has 0 unspecified atom stereocenters. The Morgan fingerprint density at radius 2 is 2.10 bits per heavy atom. The monoisotopic (exact) mass is 292 g/mol. The second-order valence-electron chi connectivity index (χ2n) is 4.63. The van der Waals surface area contributed by atoms with Gasteiger partial charge >= 0.3 is 0 Å². The van der Waals surface area contributed by atoms with Gasteiger partial charge in [-0.15, -0.1) is 10.2 Å². The Kier molecular flexibility index (Phi) is 4.89. The third kappa shape index (κ3) is 3.07. The lowest BCUT2D eigenvalue weighted by atomic mass is 10.2. The van der Waals surface area contributed by atoms with Crippen LogP contribution >= 0.6 is 11.3 Å². The molecular weight excluding hydrogens is 272 g/mol. The minimum atomic E-state index is 0.00348. The van der Waals surface area contributed by atoms with E-state index in [0.717, 1.165) is 30.2 Å². The van der Waals surface area contributed by atoms with Gasteiger partial charge in [0.25, 0.3) is 5.56 Å². The van der Waals surface area contributed by atoms with Gasteiger partial charge in [-0.05, 0) is 32.4 Å². The third-order valence-electron chi connectivity index (χ3n) is 3.17. The number of hydrogen-bond acceptors (Lipinski definition) is 5. The van der Waals surface area contributed by atoms with Gasteiger partial charge in [-0.25, -0.2) is 0 Å². The first-order valence-corrected chi connectivity index (χ1v) is 7.77. The number of rotatable bonds is 6. The van der Waals surface area contributed by atoms with E-state index >= 15 is 0 Å². The molecule has 0 aliphatic carbocycles. The number of pyridine rings is 1. The summed E-state index contributed by atoms with van der Waals surface area (Å²) in [5.41, 5.74) is 1.59. The van der Waals surface area contributed by atoms with Crippen molar-refractivity contribution in [3.8, 4) is 10.6 Å².